The first-order valence-corrected chi connectivity index (χ1v) is 10.7. The van der Waals surface area contributed by atoms with Crippen molar-refractivity contribution in [1.82, 2.24) is 14.4 Å². The predicted molar refractivity (Wildman–Crippen MR) is 103 cm³/mol. The van der Waals surface area contributed by atoms with Gasteiger partial charge in [0.25, 0.3) is 0 Å². The molecule has 1 aliphatic heterocycles. The summed E-state index contributed by atoms with van der Waals surface area (Å²) in [7, 11) is -3.66. The molecule has 0 spiro atoms. The second-order valence-electron chi connectivity index (χ2n) is 6.74. The molecule has 1 fully saturated rings. The van der Waals surface area contributed by atoms with Crippen LogP contribution in [-0.4, -0.2) is 42.1 Å². The number of benzene rings is 2. The third-order valence-corrected chi connectivity index (χ3v) is 6.62. The fourth-order valence-electron chi connectivity index (χ4n) is 3.16. The van der Waals surface area contributed by atoms with Gasteiger partial charge in [-0.2, -0.15) is 9.29 Å². The molecular formula is C20H20FN3O4S. The zero-order chi connectivity index (χ0) is 20.4. The van der Waals surface area contributed by atoms with Crippen molar-refractivity contribution in [2.75, 3.05) is 13.1 Å². The lowest BCUT2D eigenvalue weighted by atomic mass is 10.2. The molecule has 0 saturated carbocycles. The van der Waals surface area contributed by atoms with E-state index in [0.717, 1.165) is 17.7 Å². The molecule has 2 aromatic carbocycles. The van der Waals surface area contributed by atoms with Gasteiger partial charge < -0.3 is 9.26 Å². The summed E-state index contributed by atoms with van der Waals surface area (Å²) in [6, 6.07) is 12.1. The van der Waals surface area contributed by atoms with Crippen LogP contribution in [0.4, 0.5) is 4.39 Å². The van der Waals surface area contributed by atoms with Crippen LogP contribution in [0.5, 0.6) is 5.75 Å². The first-order chi connectivity index (χ1) is 14.0. The topological polar surface area (TPSA) is 85.5 Å². The van der Waals surface area contributed by atoms with Gasteiger partial charge in [-0.05, 0) is 55.0 Å². The highest BCUT2D eigenvalue weighted by Gasteiger charge is 2.33. The van der Waals surface area contributed by atoms with Crippen LogP contribution in [-0.2, 0) is 16.4 Å². The number of rotatable bonds is 6. The number of halogens is 1. The first-order valence-electron chi connectivity index (χ1n) is 9.31. The molecule has 0 radical (unpaired) electrons. The Morgan fingerprint density at radius 3 is 2.55 bits per heavy atom. The Balaban J connectivity index is 1.40. The van der Waals surface area contributed by atoms with Gasteiger partial charge in [-0.3, -0.25) is 0 Å². The average Bonchev–Trinajstić information content (AvgIpc) is 3.39. The van der Waals surface area contributed by atoms with Crippen molar-refractivity contribution < 1.29 is 22.1 Å². The van der Waals surface area contributed by atoms with Crippen LogP contribution in [0.2, 0.25) is 0 Å². The highest BCUT2D eigenvalue weighted by atomic mass is 32.2. The maximum atomic E-state index is 13.1. The first kappa shape index (κ1) is 19.5. The van der Waals surface area contributed by atoms with Crippen molar-refractivity contribution in [1.29, 1.82) is 0 Å². The van der Waals surface area contributed by atoms with Gasteiger partial charge in [0.1, 0.15) is 17.7 Å². The molecule has 1 aliphatic rings. The summed E-state index contributed by atoms with van der Waals surface area (Å²) < 4.78 is 50.9. The molecule has 152 valence electrons. The lowest BCUT2D eigenvalue weighted by molar-refractivity contribution is 0.215. The maximum absolute atomic E-state index is 13.1. The minimum atomic E-state index is -3.66. The van der Waals surface area contributed by atoms with Crippen LogP contribution in [0, 0.1) is 5.82 Å². The van der Waals surface area contributed by atoms with E-state index in [4.69, 9.17) is 9.26 Å². The van der Waals surface area contributed by atoms with E-state index in [2.05, 4.69) is 10.1 Å². The Labute approximate surface area is 168 Å². The standard InChI is InChI=1S/C20H20FN3O4S/c1-2-19-22-20(23-28-19)14-3-7-16(8-4-14)27-17-11-12-24(13-17)29(25,26)18-9-5-15(21)6-10-18/h3-10,17H,2,11-13H2,1H3. The molecular weight excluding hydrogens is 397 g/mol. The smallest absolute Gasteiger partial charge is 0.243 e. The quantitative estimate of drug-likeness (QED) is 0.612. The van der Waals surface area contributed by atoms with E-state index in [0.29, 0.717) is 36.9 Å². The van der Waals surface area contributed by atoms with Crippen molar-refractivity contribution in [2.24, 2.45) is 0 Å². The van der Waals surface area contributed by atoms with Crippen LogP contribution >= 0.6 is 0 Å². The van der Waals surface area contributed by atoms with Gasteiger partial charge in [-0.1, -0.05) is 12.1 Å². The fraction of sp³-hybridized carbons (Fsp3) is 0.300. The molecule has 0 amide bonds. The lowest BCUT2D eigenvalue weighted by Crippen LogP contribution is -2.31. The van der Waals surface area contributed by atoms with Crippen molar-refractivity contribution in [2.45, 2.75) is 30.8 Å². The van der Waals surface area contributed by atoms with Crippen LogP contribution < -0.4 is 4.74 Å². The maximum Gasteiger partial charge on any atom is 0.243 e. The zero-order valence-electron chi connectivity index (χ0n) is 15.8. The van der Waals surface area contributed by atoms with Gasteiger partial charge in [-0.15, -0.1) is 0 Å². The van der Waals surface area contributed by atoms with Crippen molar-refractivity contribution in [3.63, 3.8) is 0 Å². The number of hydrogen-bond acceptors (Lipinski definition) is 6. The van der Waals surface area contributed by atoms with Crippen LogP contribution in [0.1, 0.15) is 19.2 Å². The van der Waals surface area contributed by atoms with Crippen molar-refractivity contribution in [3.8, 4) is 17.1 Å². The highest BCUT2D eigenvalue weighted by molar-refractivity contribution is 7.89. The van der Waals surface area contributed by atoms with Crippen LogP contribution in [0.3, 0.4) is 0 Å². The number of aryl methyl sites for hydroxylation is 1. The SMILES string of the molecule is CCc1nc(-c2ccc(OC3CCN(S(=O)(=O)c4ccc(F)cc4)C3)cc2)no1. The summed E-state index contributed by atoms with van der Waals surface area (Å²) >= 11 is 0. The molecule has 0 aliphatic carbocycles. The number of ether oxygens (including phenoxy) is 1. The normalized spacial score (nSPS) is 17.5. The number of sulfonamides is 1. The Bertz CT molecular complexity index is 1080. The largest absolute Gasteiger partial charge is 0.489 e. The Morgan fingerprint density at radius 1 is 1.17 bits per heavy atom. The molecule has 1 saturated heterocycles. The van der Waals surface area contributed by atoms with Gasteiger partial charge in [0.15, 0.2) is 0 Å². The summed E-state index contributed by atoms with van der Waals surface area (Å²) in [6.45, 7) is 2.53. The summed E-state index contributed by atoms with van der Waals surface area (Å²) in [5.41, 5.74) is 0.813. The molecule has 2 heterocycles. The molecule has 0 N–H and O–H groups in total. The Morgan fingerprint density at radius 2 is 1.90 bits per heavy atom. The molecule has 3 aromatic rings. The monoisotopic (exact) mass is 417 g/mol. The van der Waals surface area contributed by atoms with Gasteiger partial charge in [0, 0.05) is 18.5 Å². The van der Waals surface area contributed by atoms with Gasteiger partial charge in [-0.25, -0.2) is 12.8 Å². The van der Waals surface area contributed by atoms with Crippen molar-refractivity contribution >= 4 is 10.0 Å². The van der Waals surface area contributed by atoms with E-state index < -0.39 is 15.8 Å². The van der Waals surface area contributed by atoms with Crippen molar-refractivity contribution in [3.05, 3.63) is 60.2 Å². The van der Waals surface area contributed by atoms with E-state index in [1.54, 1.807) is 12.1 Å². The third-order valence-electron chi connectivity index (χ3n) is 4.74. The van der Waals surface area contributed by atoms with Gasteiger partial charge in [0.05, 0.1) is 11.4 Å². The van der Waals surface area contributed by atoms with E-state index >= 15 is 0 Å². The van der Waals surface area contributed by atoms with E-state index in [1.165, 1.54) is 16.4 Å². The molecule has 7 nitrogen and oxygen atoms in total. The molecule has 29 heavy (non-hydrogen) atoms. The second kappa shape index (κ2) is 7.92. The lowest BCUT2D eigenvalue weighted by Gasteiger charge is -2.17. The zero-order valence-corrected chi connectivity index (χ0v) is 16.6. The second-order valence-corrected chi connectivity index (χ2v) is 8.67. The highest BCUT2D eigenvalue weighted by Crippen LogP contribution is 2.26. The summed E-state index contributed by atoms with van der Waals surface area (Å²) in [4.78, 5) is 4.37. The van der Waals surface area contributed by atoms with Gasteiger partial charge >= 0.3 is 0 Å². The molecule has 0 bridgehead atoms. The summed E-state index contributed by atoms with van der Waals surface area (Å²) in [5.74, 6) is 1.26. The minimum absolute atomic E-state index is 0.0791. The minimum Gasteiger partial charge on any atom is -0.489 e. The van der Waals surface area contributed by atoms with Crippen LogP contribution in [0.25, 0.3) is 11.4 Å². The molecule has 4 rings (SSSR count). The van der Waals surface area contributed by atoms with Gasteiger partial charge in [0.2, 0.25) is 21.7 Å². The third kappa shape index (κ3) is 4.15. The Hall–Kier alpha value is -2.78. The number of hydrogen-bond donors (Lipinski definition) is 0. The number of nitrogens with zero attached hydrogens (tertiary/aromatic N) is 3. The molecule has 1 unspecified atom stereocenters. The average molecular weight is 417 g/mol. The van der Waals surface area contributed by atoms with E-state index in [9.17, 15) is 12.8 Å². The Kier molecular flexibility index (Phi) is 5.33. The summed E-state index contributed by atoms with van der Waals surface area (Å²) in [6.07, 6.45) is 0.994. The number of aromatic nitrogens is 2. The van der Waals surface area contributed by atoms with E-state index in [-0.39, 0.29) is 17.5 Å². The predicted octanol–water partition coefficient (Wildman–Crippen LogP) is 3.28. The van der Waals surface area contributed by atoms with Crippen LogP contribution in [0.15, 0.2) is 57.9 Å². The van der Waals surface area contributed by atoms with E-state index in [1.807, 2.05) is 19.1 Å². The summed E-state index contributed by atoms with van der Waals surface area (Å²) in [5, 5.41) is 3.94. The molecule has 1 aromatic heterocycles. The molecule has 1 atom stereocenters. The molecule has 9 heteroatoms. The fourth-order valence-corrected chi connectivity index (χ4v) is 4.65.